The van der Waals surface area contributed by atoms with Crippen molar-refractivity contribution < 1.29 is 0 Å². The fourth-order valence-corrected chi connectivity index (χ4v) is 3.34. The van der Waals surface area contributed by atoms with Crippen LogP contribution in [0.1, 0.15) is 32.6 Å². The highest BCUT2D eigenvalue weighted by atomic mass is 127. The van der Waals surface area contributed by atoms with Gasteiger partial charge in [-0.15, -0.1) is 0 Å². The average Bonchev–Trinajstić information content (AvgIpc) is 2.42. The lowest BCUT2D eigenvalue weighted by Crippen LogP contribution is -2.30. The summed E-state index contributed by atoms with van der Waals surface area (Å²) in [6, 6.07) is 6.85. The normalized spacial score (nSPS) is 23.5. The van der Waals surface area contributed by atoms with Gasteiger partial charge in [0, 0.05) is 15.0 Å². The molecule has 1 aliphatic carbocycles. The maximum atomic E-state index is 4.45. The molecule has 1 heterocycles. The number of fused-ring (bicyclic) bond motifs is 1. The monoisotopic (exact) mass is 367 g/mol. The van der Waals surface area contributed by atoms with E-state index in [0.717, 1.165) is 22.6 Å². The van der Waals surface area contributed by atoms with Crippen molar-refractivity contribution in [3.05, 3.63) is 28.1 Å². The molecule has 0 radical (unpaired) electrons. The maximum Gasteiger partial charge on any atom is 0.137 e. The lowest BCUT2D eigenvalue weighted by molar-refractivity contribution is 0.349. The van der Waals surface area contributed by atoms with Crippen LogP contribution in [0.5, 0.6) is 0 Å². The Labute approximate surface area is 127 Å². The predicted octanol–water partition coefficient (Wildman–Crippen LogP) is 4.23. The summed E-state index contributed by atoms with van der Waals surface area (Å²) in [7, 11) is 0. The Hall–Kier alpha value is -0.910. The number of hydrogen-bond donors (Lipinski definition) is 1. The molecular formula is C15H18IN3. The molecule has 19 heavy (non-hydrogen) atoms. The molecule has 3 rings (SSSR count). The first kappa shape index (κ1) is 13.1. The third-order valence-corrected chi connectivity index (χ3v) is 4.70. The molecule has 4 heteroatoms. The molecule has 2 unspecified atom stereocenters. The maximum absolute atomic E-state index is 4.45. The van der Waals surface area contributed by atoms with E-state index in [1.54, 1.807) is 6.33 Å². The van der Waals surface area contributed by atoms with Gasteiger partial charge >= 0.3 is 0 Å². The van der Waals surface area contributed by atoms with Crippen molar-refractivity contribution in [3.8, 4) is 0 Å². The summed E-state index contributed by atoms with van der Waals surface area (Å²) in [5.74, 6) is 1.71. The van der Waals surface area contributed by atoms with Gasteiger partial charge in [-0.2, -0.15) is 0 Å². The first-order chi connectivity index (χ1) is 9.24. The summed E-state index contributed by atoms with van der Waals surface area (Å²) in [4.78, 5) is 8.79. The Bertz CT molecular complexity index is 585. The van der Waals surface area contributed by atoms with Crippen molar-refractivity contribution in [1.82, 2.24) is 9.97 Å². The van der Waals surface area contributed by atoms with Gasteiger partial charge in [0.2, 0.25) is 0 Å². The van der Waals surface area contributed by atoms with Crippen LogP contribution in [0.3, 0.4) is 0 Å². The molecule has 1 saturated carbocycles. The zero-order valence-corrected chi connectivity index (χ0v) is 13.2. The van der Waals surface area contributed by atoms with Crippen LogP contribution in [0.15, 0.2) is 24.5 Å². The largest absolute Gasteiger partial charge is 0.366 e. The van der Waals surface area contributed by atoms with E-state index < -0.39 is 0 Å². The first-order valence-corrected chi connectivity index (χ1v) is 7.99. The lowest BCUT2D eigenvalue weighted by atomic mass is 9.86. The Morgan fingerprint density at radius 3 is 2.89 bits per heavy atom. The second-order valence-electron chi connectivity index (χ2n) is 5.40. The van der Waals surface area contributed by atoms with Gasteiger partial charge in [0.25, 0.3) is 0 Å². The smallest absolute Gasteiger partial charge is 0.137 e. The van der Waals surface area contributed by atoms with Gasteiger partial charge in [0.05, 0.1) is 5.52 Å². The Morgan fingerprint density at radius 2 is 2.05 bits per heavy atom. The van der Waals surface area contributed by atoms with Crippen molar-refractivity contribution >= 4 is 39.3 Å². The van der Waals surface area contributed by atoms with Crippen molar-refractivity contribution in [2.45, 2.75) is 38.6 Å². The van der Waals surface area contributed by atoms with E-state index in [0.29, 0.717) is 6.04 Å². The van der Waals surface area contributed by atoms with Crippen LogP contribution in [0.2, 0.25) is 0 Å². The minimum absolute atomic E-state index is 0.546. The number of benzene rings is 1. The highest BCUT2D eigenvalue weighted by Gasteiger charge is 2.21. The second kappa shape index (κ2) is 5.61. The molecule has 1 aromatic carbocycles. The molecule has 100 valence electrons. The molecule has 3 nitrogen and oxygen atoms in total. The molecule has 0 saturated heterocycles. The third-order valence-electron chi connectivity index (χ3n) is 4.03. The second-order valence-corrected chi connectivity index (χ2v) is 6.64. The first-order valence-electron chi connectivity index (χ1n) is 6.91. The Morgan fingerprint density at radius 1 is 1.21 bits per heavy atom. The van der Waals surface area contributed by atoms with Gasteiger partial charge in [-0.25, -0.2) is 9.97 Å². The van der Waals surface area contributed by atoms with Crippen LogP contribution in [0.25, 0.3) is 10.9 Å². The van der Waals surface area contributed by atoms with Crippen molar-refractivity contribution in [1.29, 1.82) is 0 Å². The van der Waals surface area contributed by atoms with E-state index in [1.165, 1.54) is 29.3 Å². The molecule has 0 amide bonds. The number of hydrogen-bond acceptors (Lipinski definition) is 3. The minimum atomic E-state index is 0.546. The molecule has 1 N–H and O–H groups in total. The van der Waals surface area contributed by atoms with Gasteiger partial charge < -0.3 is 5.32 Å². The molecule has 0 spiro atoms. The SMILES string of the molecule is CC1CCCCC1Nc1ncnc2ccc(I)cc12. The third kappa shape index (κ3) is 2.83. The van der Waals surface area contributed by atoms with E-state index in [4.69, 9.17) is 0 Å². The summed E-state index contributed by atoms with van der Waals surface area (Å²) in [5, 5.41) is 4.78. The van der Waals surface area contributed by atoms with E-state index in [-0.39, 0.29) is 0 Å². The summed E-state index contributed by atoms with van der Waals surface area (Å²) >= 11 is 2.34. The van der Waals surface area contributed by atoms with Crippen LogP contribution in [0.4, 0.5) is 5.82 Å². The van der Waals surface area contributed by atoms with E-state index >= 15 is 0 Å². The lowest BCUT2D eigenvalue weighted by Gasteiger charge is -2.30. The van der Waals surface area contributed by atoms with Crippen molar-refractivity contribution in [2.75, 3.05) is 5.32 Å². The van der Waals surface area contributed by atoms with E-state index in [9.17, 15) is 0 Å². The van der Waals surface area contributed by atoms with Crippen LogP contribution in [0, 0.1) is 9.49 Å². The molecule has 2 aromatic rings. The molecule has 1 fully saturated rings. The number of aromatic nitrogens is 2. The fraction of sp³-hybridized carbons (Fsp3) is 0.467. The molecule has 1 aromatic heterocycles. The van der Waals surface area contributed by atoms with Gasteiger partial charge in [0.1, 0.15) is 12.1 Å². The predicted molar refractivity (Wildman–Crippen MR) is 87.3 cm³/mol. The molecule has 2 atom stereocenters. The van der Waals surface area contributed by atoms with E-state index in [2.05, 4.69) is 63.0 Å². The zero-order valence-electron chi connectivity index (χ0n) is 11.1. The zero-order chi connectivity index (χ0) is 13.2. The summed E-state index contributed by atoms with van der Waals surface area (Å²) in [5.41, 5.74) is 1.02. The number of nitrogens with one attached hydrogen (secondary N) is 1. The molecule has 0 bridgehead atoms. The van der Waals surface area contributed by atoms with Crippen molar-refractivity contribution in [2.24, 2.45) is 5.92 Å². The summed E-state index contributed by atoms with van der Waals surface area (Å²) in [6.45, 7) is 2.34. The van der Waals surface area contributed by atoms with Gasteiger partial charge in [0.15, 0.2) is 0 Å². The van der Waals surface area contributed by atoms with Crippen LogP contribution in [-0.2, 0) is 0 Å². The topological polar surface area (TPSA) is 37.8 Å². The summed E-state index contributed by atoms with van der Waals surface area (Å²) in [6.07, 6.45) is 6.91. The van der Waals surface area contributed by atoms with Crippen LogP contribution < -0.4 is 5.32 Å². The van der Waals surface area contributed by atoms with Gasteiger partial charge in [-0.05, 0) is 59.5 Å². The number of nitrogens with zero attached hydrogens (tertiary/aromatic N) is 2. The molecule has 0 aliphatic heterocycles. The minimum Gasteiger partial charge on any atom is -0.366 e. The highest BCUT2D eigenvalue weighted by molar-refractivity contribution is 14.1. The van der Waals surface area contributed by atoms with Crippen LogP contribution in [-0.4, -0.2) is 16.0 Å². The standard InChI is InChI=1S/C15H18IN3/c1-10-4-2-3-5-13(10)19-15-12-8-11(16)6-7-14(12)17-9-18-15/h6-10,13H,2-5H2,1H3,(H,17,18,19). The Kier molecular flexibility index (Phi) is 3.86. The number of anilines is 1. The number of halogens is 1. The Balaban J connectivity index is 1.93. The van der Waals surface area contributed by atoms with Crippen LogP contribution >= 0.6 is 22.6 Å². The summed E-state index contributed by atoms with van der Waals surface area (Å²) < 4.78 is 1.22. The quantitative estimate of drug-likeness (QED) is 0.808. The average molecular weight is 367 g/mol. The molecule has 1 aliphatic rings. The fourth-order valence-electron chi connectivity index (χ4n) is 2.85. The highest BCUT2D eigenvalue weighted by Crippen LogP contribution is 2.29. The number of rotatable bonds is 2. The van der Waals surface area contributed by atoms with Gasteiger partial charge in [-0.3, -0.25) is 0 Å². The molecular weight excluding hydrogens is 349 g/mol. The van der Waals surface area contributed by atoms with E-state index in [1.807, 2.05) is 0 Å². The van der Waals surface area contributed by atoms with Crippen molar-refractivity contribution in [3.63, 3.8) is 0 Å². The van der Waals surface area contributed by atoms with Gasteiger partial charge in [-0.1, -0.05) is 19.8 Å².